The second-order valence-electron chi connectivity index (χ2n) is 2.39. The van der Waals surface area contributed by atoms with Gasteiger partial charge in [0.15, 0.2) is 5.58 Å². The molecule has 13 heavy (non-hydrogen) atoms. The van der Waals surface area contributed by atoms with Crippen LogP contribution in [0.25, 0.3) is 11.0 Å². The minimum absolute atomic E-state index is 0.0150. The summed E-state index contributed by atoms with van der Waals surface area (Å²) in [5, 5.41) is 9.10. The van der Waals surface area contributed by atoms with Gasteiger partial charge in [0.1, 0.15) is 11.1 Å². The third kappa shape index (κ3) is 1.10. The molecule has 0 saturated heterocycles. The molecular formula is C8H4O5. The third-order valence-corrected chi connectivity index (χ3v) is 1.58. The second kappa shape index (κ2) is 2.48. The Balaban J connectivity index is 3.12. The SMILES string of the molecule is O=c1oc(=O)c2c(O)cccc2o1. The van der Waals surface area contributed by atoms with Crippen molar-refractivity contribution in [3.63, 3.8) is 0 Å². The van der Waals surface area contributed by atoms with Crippen molar-refractivity contribution in [1.82, 2.24) is 0 Å². The van der Waals surface area contributed by atoms with Gasteiger partial charge in [-0.05, 0) is 12.1 Å². The molecule has 0 radical (unpaired) electrons. The lowest BCUT2D eigenvalue weighted by molar-refractivity contribution is 0.326. The van der Waals surface area contributed by atoms with E-state index in [2.05, 4.69) is 8.83 Å². The van der Waals surface area contributed by atoms with E-state index in [1.807, 2.05) is 0 Å². The molecule has 66 valence electrons. The van der Waals surface area contributed by atoms with E-state index < -0.39 is 11.4 Å². The summed E-state index contributed by atoms with van der Waals surface area (Å²) in [6.45, 7) is 0. The zero-order valence-corrected chi connectivity index (χ0v) is 6.31. The van der Waals surface area contributed by atoms with Gasteiger partial charge in [0, 0.05) is 0 Å². The number of phenolic OH excluding ortho intramolecular Hbond substituents is 1. The number of hydrogen-bond acceptors (Lipinski definition) is 5. The minimum Gasteiger partial charge on any atom is -0.507 e. The van der Waals surface area contributed by atoms with Gasteiger partial charge in [0.25, 0.3) is 0 Å². The molecule has 0 saturated carbocycles. The van der Waals surface area contributed by atoms with Gasteiger partial charge in [0.2, 0.25) is 0 Å². The molecule has 1 aromatic heterocycles. The summed E-state index contributed by atoms with van der Waals surface area (Å²) in [6, 6.07) is 4.16. The molecule has 2 aromatic rings. The highest BCUT2D eigenvalue weighted by atomic mass is 16.6. The van der Waals surface area contributed by atoms with Crippen LogP contribution in [0.3, 0.4) is 0 Å². The predicted octanol–water partition coefficient (Wildman–Crippen LogP) is 0.452. The average Bonchev–Trinajstić information content (AvgIpc) is 2.02. The van der Waals surface area contributed by atoms with E-state index in [-0.39, 0.29) is 16.7 Å². The molecule has 0 bridgehead atoms. The highest BCUT2D eigenvalue weighted by Crippen LogP contribution is 2.18. The topological polar surface area (TPSA) is 80.7 Å². The Bertz CT molecular complexity index is 562. The first-order valence-electron chi connectivity index (χ1n) is 3.44. The summed E-state index contributed by atoms with van der Waals surface area (Å²) in [6.07, 6.45) is 0. The molecule has 0 fully saturated rings. The van der Waals surface area contributed by atoms with Crippen molar-refractivity contribution in [3.05, 3.63) is 39.2 Å². The molecule has 5 nitrogen and oxygen atoms in total. The van der Waals surface area contributed by atoms with Crippen molar-refractivity contribution in [1.29, 1.82) is 0 Å². The normalized spacial score (nSPS) is 10.5. The summed E-state index contributed by atoms with van der Waals surface area (Å²) in [7, 11) is 0. The van der Waals surface area contributed by atoms with E-state index in [0.717, 1.165) is 0 Å². The van der Waals surface area contributed by atoms with Crippen molar-refractivity contribution < 1.29 is 13.9 Å². The van der Waals surface area contributed by atoms with Crippen LogP contribution in [0.2, 0.25) is 0 Å². The second-order valence-corrected chi connectivity index (χ2v) is 2.39. The lowest BCUT2D eigenvalue weighted by Gasteiger charge is -1.94. The van der Waals surface area contributed by atoms with E-state index in [1.165, 1.54) is 18.2 Å². The molecule has 0 amide bonds. The molecule has 1 aromatic carbocycles. The van der Waals surface area contributed by atoms with Gasteiger partial charge >= 0.3 is 11.4 Å². The molecule has 0 unspecified atom stereocenters. The Morgan fingerprint density at radius 1 is 1.15 bits per heavy atom. The van der Waals surface area contributed by atoms with Crippen molar-refractivity contribution in [2.75, 3.05) is 0 Å². The van der Waals surface area contributed by atoms with Gasteiger partial charge in [-0.3, -0.25) is 0 Å². The number of aromatic hydroxyl groups is 1. The number of benzene rings is 1. The number of rotatable bonds is 0. The zero-order valence-electron chi connectivity index (χ0n) is 6.31. The molecule has 1 heterocycles. The van der Waals surface area contributed by atoms with Crippen LogP contribution in [-0.4, -0.2) is 5.11 Å². The van der Waals surface area contributed by atoms with Crippen LogP contribution in [0.4, 0.5) is 0 Å². The molecule has 0 spiro atoms. The molecule has 2 rings (SSSR count). The molecular weight excluding hydrogens is 176 g/mol. The van der Waals surface area contributed by atoms with Crippen LogP contribution in [0.1, 0.15) is 0 Å². The van der Waals surface area contributed by atoms with Crippen LogP contribution >= 0.6 is 0 Å². The molecule has 0 aliphatic carbocycles. The minimum atomic E-state index is -1.08. The number of hydrogen-bond donors (Lipinski definition) is 1. The van der Waals surface area contributed by atoms with Gasteiger partial charge in [-0.1, -0.05) is 6.07 Å². The van der Waals surface area contributed by atoms with Gasteiger partial charge in [0.05, 0.1) is 0 Å². The maximum atomic E-state index is 11.0. The quantitative estimate of drug-likeness (QED) is 0.636. The third-order valence-electron chi connectivity index (χ3n) is 1.58. The Kier molecular flexibility index (Phi) is 1.45. The lowest BCUT2D eigenvalue weighted by atomic mass is 10.2. The summed E-state index contributed by atoms with van der Waals surface area (Å²) >= 11 is 0. The number of fused-ring (bicyclic) bond motifs is 1. The summed E-state index contributed by atoms with van der Waals surface area (Å²) in [5.41, 5.74) is -0.884. The molecule has 0 atom stereocenters. The number of phenols is 1. The fraction of sp³-hybridized carbons (Fsp3) is 0. The zero-order chi connectivity index (χ0) is 9.42. The maximum absolute atomic E-state index is 11.0. The van der Waals surface area contributed by atoms with Gasteiger partial charge in [-0.25, -0.2) is 9.59 Å². The van der Waals surface area contributed by atoms with Crippen LogP contribution in [-0.2, 0) is 0 Å². The molecule has 0 aliphatic heterocycles. The van der Waals surface area contributed by atoms with E-state index in [0.29, 0.717) is 0 Å². The van der Waals surface area contributed by atoms with Gasteiger partial charge < -0.3 is 13.9 Å². The Hall–Kier alpha value is -2.04. The average molecular weight is 180 g/mol. The standard InChI is InChI=1S/C8H4O5/c9-4-2-1-3-5-6(4)7(10)13-8(11)12-5/h1-3,9H. The first-order valence-corrected chi connectivity index (χ1v) is 3.44. The summed E-state index contributed by atoms with van der Waals surface area (Å²) < 4.78 is 8.67. The van der Waals surface area contributed by atoms with E-state index in [1.54, 1.807) is 0 Å². The van der Waals surface area contributed by atoms with Crippen molar-refractivity contribution in [3.8, 4) is 5.75 Å². The maximum Gasteiger partial charge on any atom is 0.522 e. The van der Waals surface area contributed by atoms with E-state index >= 15 is 0 Å². The highest BCUT2D eigenvalue weighted by Gasteiger charge is 2.08. The van der Waals surface area contributed by atoms with E-state index in [4.69, 9.17) is 0 Å². The van der Waals surface area contributed by atoms with Crippen LogP contribution < -0.4 is 11.4 Å². The van der Waals surface area contributed by atoms with Crippen LogP contribution in [0.5, 0.6) is 5.75 Å². The van der Waals surface area contributed by atoms with Crippen molar-refractivity contribution in [2.45, 2.75) is 0 Å². The largest absolute Gasteiger partial charge is 0.522 e. The summed E-state index contributed by atoms with van der Waals surface area (Å²) in [5.74, 6) is -1.35. The Morgan fingerprint density at radius 3 is 2.69 bits per heavy atom. The fourth-order valence-corrected chi connectivity index (χ4v) is 1.05. The Morgan fingerprint density at radius 2 is 1.92 bits per heavy atom. The predicted molar refractivity (Wildman–Crippen MR) is 42.7 cm³/mol. The van der Waals surface area contributed by atoms with Gasteiger partial charge in [-0.2, -0.15) is 0 Å². The van der Waals surface area contributed by atoms with Crippen LogP contribution in [0, 0.1) is 0 Å². The van der Waals surface area contributed by atoms with Crippen LogP contribution in [0.15, 0.2) is 36.6 Å². The smallest absolute Gasteiger partial charge is 0.507 e. The first kappa shape index (κ1) is 7.60. The summed E-state index contributed by atoms with van der Waals surface area (Å²) in [4.78, 5) is 21.6. The molecule has 5 heteroatoms. The first-order chi connectivity index (χ1) is 6.18. The highest BCUT2D eigenvalue weighted by molar-refractivity contribution is 5.81. The molecule has 1 N–H and O–H groups in total. The van der Waals surface area contributed by atoms with E-state index in [9.17, 15) is 14.7 Å². The Labute approximate surface area is 70.8 Å². The van der Waals surface area contributed by atoms with Crippen molar-refractivity contribution in [2.24, 2.45) is 0 Å². The van der Waals surface area contributed by atoms with Crippen molar-refractivity contribution >= 4 is 11.0 Å². The lowest BCUT2D eigenvalue weighted by Crippen LogP contribution is -2.09. The fourth-order valence-electron chi connectivity index (χ4n) is 1.05. The monoisotopic (exact) mass is 180 g/mol. The molecule has 0 aliphatic rings. The van der Waals surface area contributed by atoms with Gasteiger partial charge in [-0.15, -0.1) is 0 Å².